The van der Waals surface area contributed by atoms with E-state index in [0.717, 1.165) is 17.1 Å². The minimum atomic E-state index is 0.0188. The Morgan fingerprint density at radius 1 is 1.04 bits per heavy atom. The maximum Gasteiger partial charge on any atom is 0.191 e. The molecule has 2 aromatic rings. The van der Waals surface area contributed by atoms with E-state index in [0.29, 0.717) is 25.7 Å². The lowest BCUT2D eigenvalue weighted by Gasteiger charge is -2.18. The maximum atomic E-state index is 9.61. The van der Waals surface area contributed by atoms with Crippen molar-refractivity contribution < 1.29 is 14.6 Å². The highest BCUT2D eigenvalue weighted by Crippen LogP contribution is 2.16. The lowest BCUT2D eigenvalue weighted by Crippen LogP contribution is -2.41. The number of ether oxygens (including phenoxy) is 2. The summed E-state index contributed by atoms with van der Waals surface area (Å²) < 4.78 is 10.8. The number of aliphatic hydroxyl groups is 1. The summed E-state index contributed by atoms with van der Waals surface area (Å²) in [6.07, 6.45) is 0. The molecular weight excluding hydrogens is 330 g/mol. The average molecular weight is 357 g/mol. The first-order chi connectivity index (χ1) is 12.8. The van der Waals surface area contributed by atoms with E-state index in [9.17, 15) is 5.11 Å². The lowest BCUT2D eigenvalue weighted by molar-refractivity contribution is 0.265. The van der Waals surface area contributed by atoms with Crippen molar-refractivity contribution in [3.8, 4) is 11.5 Å². The molecule has 0 spiro atoms. The van der Waals surface area contributed by atoms with Gasteiger partial charge in [-0.25, -0.2) is 0 Å². The number of guanidine groups is 1. The molecule has 0 aromatic heterocycles. The summed E-state index contributed by atoms with van der Waals surface area (Å²) in [5.41, 5.74) is 1.10. The number of rotatable bonds is 9. The van der Waals surface area contributed by atoms with Crippen molar-refractivity contribution in [2.45, 2.75) is 5.92 Å². The van der Waals surface area contributed by atoms with E-state index in [2.05, 4.69) is 15.6 Å². The van der Waals surface area contributed by atoms with Crippen LogP contribution in [0.25, 0.3) is 0 Å². The van der Waals surface area contributed by atoms with Crippen LogP contribution >= 0.6 is 0 Å². The van der Waals surface area contributed by atoms with Crippen LogP contribution in [0.3, 0.4) is 0 Å². The van der Waals surface area contributed by atoms with E-state index >= 15 is 0 Å². The third kappa shape index (κ3) is 6.29. The summed E-state index contributed by atoms with van der Waals surface area (Å²) in [7, 11) is 3.35. The quantitative estimate of drug-likeness (QED) is 0.364. The Hall–Kier alpha value is -2.73. The molecule has 26 heavy (non-hydrogen) atoms. The fourth-order valence-corrected chi connectivity index (χ4v) is 2.46. The number of nitrogens with one attached hydrogen (secondary N) is 2. The van der Waals surface area contributed by atoms with Gasteiger partial charge in [0, 0.05) is 19.5 Å². The first-order valence-electron chi connectivity index (χ1n) is 8.64. The zero-order valence-electron chi connectivity index (χ0n) is 15.3. The largest absolute Gasteiger partial charge is 0.497 e. The number of aliphatic hydroxyl groups excluding tert-OH is 1. The first kappa shape index (κ1) is 19.6. The molecule has 140 valence electrons. The van der Waals surface area contributed by atoms with E-state index in [4.69, 9.17) is 9.47 Å². The predicted octanol–water partition coefficient (Wildman–Crippen LogP) is 2.02. The molecule has 0 bridgehead atoms. The second kappa shape index (κ2) is 11.0. The molecule has 6 nitrogen and oxygen atoms in total. The van der Waals surface area contributed by atoms with E-state index in [1.165, 1.54) is 0 Å². The standard InChI is InChI=1S/C20H27N3O3/c1-21-20(23-14-17(15-24)16-6-4-3-5-7-16)22-12-13-26-19-10-8-18(25-2)9-11-19/h3-11,17,24H,12-15H2,1-2H3,(H2,21,22,23). The topological polar surface area (TPSA) is 75.1 Å². The molecule has 0 aliphatic heterocycles. The van der Waals surface area contributed by atoms with Gasteiger partial charge in [0.2, 0.25) is 0 Å². The highest BCUT2D eigenvalue weighted by molar-refractivity contribution is 5.79. The van der Waals surface area contributed by atoms with E-state index in [-0.39, 0.29) is 12.5 Å². The summed E-state index contributed by atoms with van der Waals surface area (Å²) in [5, 5.41) is 16.1. The third-order valence-corrected chi connectivity index (χ3v) is 3.95. The molecule has 3 N–H and O–H groups in total. The van der Waals surface area contributed by atoms with Crippen molar-refractivity contribution in [2.75, 3.05) is 40.5 Å². The van der Waals surface area contributed by atoms with Gasteiger partial charge in [-0.15, -0.1) is 0 Å². The molecular formula is C20H27N3O3. The SMILES string of the molecule is CN=C(NCCOc1ccc(OC)cc1)NCC(CO)c1ccccc1. The van der Waals surface area contributed by atoms with E-state index in [1.54, 1.807) is 14.2 Å². The monoisotopic (exact) mass is 357 g/mol. The van der Waals surface area contributed by atoms with Gasteiger partial charge in [0.15, 0.2) is 5.96 Å². The molecule has 0 saturated carbocycles. The Bertz CT molecular complexity index is 660. The van der Waals surface area contributed by atoms with Gasteiger partial charge >= 0.3 is 0 Å². The second-order valence-electron chi connectivity index (χ2n) is 5.69. The zero-order valence-corrected chi connectivity index (χ0v) is 15.3. The molecule has 0 aliphatic carbocycles. The van der Waals surface area contributed by atoms with Crippen LogP contribution in [0.1, 0.15) is 11.5 Å². The number of hydrogen-bond donors (Lipinski definition) is 3. The molecule has 0 heterocycles. The van der Waals surface area contributed by atoms with E-state index in [1.807, 2.05) is 54.6 Å². The molecule has 2 aromatic carbocycles. The van der Waals surface area contributed by atoms with Crippen molar-refractivity contribution in [3.63, 3.8) is 0 Å². The van der Waals surface area contributed by atoms with Crippen molar-refractivity contribution in [2.24, 2.45) is 4.99 Å². The van der Waals surface area contributed by atoms with Crippen molar-refractivity contribution in [1.29, 1.82) is 0 Å². The normalized spacial score (nSPS) is 12.3. The summed E-state index contributed by atoms with van der Waals surface area (Å²) in [4.78, 5) is 4.20. The van der Waals surface area contributed by atoms with Gasteiger partial charge in [-0.1, -0.05) is 30.3 Å². The fourth-order valence-electron chi connectivity index (χ4n) is 2.46. The number of hydrogen-bond acceptors (Lipinski definition) is 4. The highest BCUT2D eigenvalue weighted by atomic mass is 16.5. The Balaban J connectivity index is 1.71. The predicted molar refractivity (Wildman–Crippen MR) is 104 cm³/mol. The van der Waals surface area contributed by atoms with Crippen molar-refractivity contribution in [1.82, 2.24) is 10.6 Å². The Morgan fingerprint density at radius 2 is 1.73 bits per heavy atom. The fraction of sp³-hybridized carbons (Fsp3) is 0.350. The van der Waals surface area contributed by atoms with Crippen LogP contribution in [0, 0.1) is 0 Å². The van der Waals surface area contributed by atoms with Crippen LogP contribution in [0.5, 0.6) is 11.5 Å². The third-order valence-electron chi connectivity index (χ3n) is 3.95. The molecule has 6 heteroatoms. The van der Waals surface area contributed by atoms with Crippen LogP contribution in [-0.4, -0.2) is 51.5 Å². The number of aliphatic imine (C=N–C) groups is 1. The van der Waals surface area contributed by atoms with Gasteiger partial charge in [0.1, 0.15) is 18.1 Å². The van der Waals surface area contributed by atoms with E-state index < -0.39 is 0 Å². The minimum Gasteiger partial charge on any atom is -0.497 e. The Labute approximate surface area is 154 Å². The van der Waals surface area contributed by atoms with Crippen LogP contribution in [0.4, 0.5) is 0 Å². The molecule has 0 fully saturated rings. The molecule has 0 amide bonds. The van der Waals surface area contributed by atoms with Crippen LogP contribution in [0.2, 0.25) is 0 Å². The minimum absolute atomic E-state index is 0.0188. The molecule has 0 aliphatic rings. The van der Waals surface area contributed by atoms with Gasteiger partial charge in [-0.2, -0.15) is 0 Å². The Kier molecular flexibility index (Phi) is 8.29. The first-order valence-corrected chi connectivity index (χ1v) is 8.64. The summed E-state index contributed by atoms with van der Waals surface area (Å²) in [5.74, 6) is 2.29. The summed E-state index contributed by atoms with van der Waals surface area (Å²) >= 11 is 0. The maximum absolute atomic E-state index is 9.61. The lowest BCUT2D eigenvalue weighted by atomic mass is 10.0. The summed E-state index contributed by atoms with van der Waals surface area (Å²) in [6, 6.07) is 17.4. The average Bonchev–Trinajstić information content (AvgIpc) is 2.71. The molecule has 1 unspecified atom stereocenters. The smallest absolute Gasteiger partial charge is 0.191 e. The van der Waals surface area contributed by atoms with Gasteiger partial charge in [0.25, 0.3) is 0 Å². The zero-order chi connectivity index (χ0) is 18.6. The van der Waals surface area contributed by atoms with Gasteiger partial charge in [-0.3, -0.25) is 4.99 Å². The van der Waals surface area contributed by atoms with Crippen LogP contribution < -0.4 is 20.1 Å². The molecule has 0 radical (unpaired) electrons. The van der Waals surface area contributed by atoms with Crippen LogP contribution in [-0.2, 0) is 0 Å². The number of nitrogens with zero attached hydrogens (tertiary/aromatic N) is 1. The van der Waals surface area contributed by atoms with Crippen molar-refractivity contribution >= 4 is 5.96 Å². The Morgan fingerprint density at radius 3 is 2.35 bits per heavy atom. The van der Waals surface area contributed by atoms with Gasteiger partial charge in [0.05, 0.1) is 20.3 Å². The number of methoxy groups -OCH3 is 1. The number of benzene rings is 2. The summed E-state index contributed by atoms with van der Waals surface area (Å²) in [6.45, 7) is 1.80. The molecule has 1 atom stereocenters. The van der Waals surface area contributed by atoms with Crippen molar-refractivity contribution in [3.05, 3.63) is 60.2 Å². The second-order valence-corrected chi connectivity index (χ2v) is 5.69. The van der Waals surface area contributed by atoms with Gasteiger partial charge in [-0.05, 0) is 29.8 Å². The highest BCUT2D eigenvalue weighted by Gasteiger charge is 2.10. The molecule has 2 rings (SSSR count). The molecule has 0 saturated heterocycles. The van der Waals surface area contributed by atoms with Crippen LogP contribution in [0.15, 0.2) is 59.6 Å². The van der Waals surface area contributed by atoms with Gasteiger partial charge < -0.3 is 25.2 Å².